The molecule has 2 heterocycles. The molecule has 178 valence electrons. The number of methoxy groups -OCH3 is 1. The summed E-state index contributed by atoms with van der Waals surface area (Å²) in [4.78, 5) is 44.3. The summed E-state index contributed by atoms with van der Waals surface area (Å²) >= 11 is 2.91. The number of amides is 3. The zero-order valence-electron chi connectivity index (χ0n) is 18.5. The van der Waals surface area contributed by atoms with Gasteiger partial charge in [0.1, 0.15) is 17.5 Å². The molecular formula is C21H27N5O5S2. The van der Waals surface area contributed by atoms with Crippen molar-refractivity contribution in [3.8, 4) is 5.75 Å². The standard InChI is InChI=1S/C21H27N5O5S2/c1-30-17-6-4-3-5-14(17)18(27)22-15(7-12-32-2)19(28)24-25-20(29)16-13-33-21(23-16)26-8-10-31-11-9-26/h3-6,13,15H,7-12H2,1-2H3,(H,22,27)(H,24,28)(H,25,29)/t15-/m1/s1. The van der Waals surface area contributed by atoms with Crippen molar-refractivity contribution < 1.29 is 23.9 Å². The molecule has 1 aromatic heterocycles. The SMILES string of the molecule is COc1ccccc1C(=O)N[C@H](CCSC)C(=O)NNC(=O)c1csc(N2CCOCC2)n1. The van der Waals surface area contributed by atoms with Crippen molar-refractivity contribution in [3.63, 3.8) is 0 Å². The number of carbonyl (C=O) groups is 3. The summed E-state index contributed by atoms with van der Waals surface area (Å²) in [6.07, 6.45) is 2.30. The van der Waals surface area contributed by atoms with Crippen molar-refractivity contribution in [1.29, 1.82) is 0 Å². The second-order valence-corrected chi connectivity index (χ2v) is 8.89. The highest BCUT2D eigenvalue weighted by molar-refractivity contribution is 7.98. The van der Waals surface area contributed by atoms with Crippen LogP contribution in [0, 0.1) is 0 Å². The van der Waals surface area contributed by atoms with Gasteiger partial charge in [-0.3, -0.25) is 25.2 Å². The quantitative estimate of drug-likeness (QED) is 0.447. The number of para-hydroxylation sites is 1. The Balaban J connectivity index is 1.58. The van der Waals surface area contributed by atoms with Gasteiger partial charge in [0, 0.05) is 18.5 Å². The highest BCUT2D eigenvalue weighted by atomic mass is 32.2. The molecular weight excluding hydrogens is 466 g/mol. The molecule has 1 fully saturated rings. The van der Waals surface area contributed by atoms with Crippen LogP contribution >= 0.6 is 23.1 Å². The molecule has 1 atom stereocenters. The molecule has 3 rings (SSSR count). The van der Waals surface area contributed by atoms with E-state index in [9.17, 15) is 14.4 Å². The minimum Gasteiger partial charge on any atom is -0.496 e. The zero-order valence-corrected chi connectivity index (χ0v) is 20.1. The number of ether oxygens (including phenoxy) is 2. The highest BCUT2D eigenvalue weighted by Crippen LogP contribution is 2.21. The van der Waals surface area contributed by atoms with Crippen LogP contribution in [-0.4, -0.2) is 74.2 Å². The van der Waals surface area contributed by atoms with Crippen LogP contribution in [0.3, 0.4) is 0 Å². The van der Waals surface area contributed by atoms with E-state index in [4.69, 9.17) is 9.47 Å². The topological polar surface area (TPSA) is 122 Å². The van der Waals surface area contributed by atoms with E-state index in [1.807, 2.05) is 6.26 Å². The summed E-state index contributed by atoms with van der Waals surface area (Å²) in [6.45, 7) is 2.67. The van der Waals surface area contributed by atoms with Crippen LogP contribution in [0.1, 0.15) is 27.3 Å². The van der Waals surface area contributed by atoms with Crippen molar-refractivity contribution in [2.24, 2.45) is 0 Å². The number of nitrogens with one attached hydrogen (secondary N) is 3. The molecule has 3 N–H and O–H groups in total. The first kappa shape index (κ1) is 24.8. The number of hydrogen-bond acceptors (Lipinski definition) is 9. The molecule has 0 saturated carbocycles. The van der Waals surface area contributed by atoms with E-state index in [0.717, 1.165) is 5.13 Å². The lowest BCUT2D eigenvalue weighted by atomic mass is 10.1. The Morgan fingerprint density at radius 1 is 1.21 bits per heavy atom. The third-order valence-electron chi connectivity index (χ3n) is 4.89. The molecule has 1 aliphatic heterocycles. The van der Waals surface area contributed by atoms with Crippen LogP contribution in [0.25, 0.3) is 0 Å². The maximum atomic E-state index is 12.7. The first-order chi connectivity index (χ1) is 16.0. The van der Waals surface area contributed by atoms with E-state index in [1.165, 1.54) is 18.4 Å². The second-order valence-electron chi connectivity index (χ2n) is 7.07. The number of rotatable bonds is 9. The van der Waals surface area contributed by atoms with E-state index in [0.29, 0.717) is 49.8 Å². The van der Waals surface area contributed by atoms with Crippen molar-refractivity contribution in [2.75, 3.05) is 50.3 Å². The van der Waals surface area contributed by atoms with Crippen LogP contribution in [0.4, 0.5) is 5.13 Å². The summed E-state index contributed by atoms with van der Waals surface area (Å²) < 4.78 is 10.6. The van der Waals surface area contributed by atoms with Crippen LogP contribution in [0.2, 0.25) is 0 Å². The number of carbonyl (C=O) groups excluding carboxylic acids is 3. The van der Waals surface area contributed by atoms with Gasteiger partial charge in [-0.05, 0) is 30.6 Å². The van der Waals surface area contributed by atoms with E-state index in [2.05, 4.69) is 26.1 Å². The van der Waals surface area contributed by atoms with Crippen molar-refractivity contribution >= 4 is 46.0 Å². The fourth-order valence-electron chi connectivity index (χ4n) is 3.11. The van der Waals surface area contributed by atoms with Crippen LogP contribution in [-0.2, 0) is 9.53 Å². The molecule has 2 aromatic rings. The maximum Gasteiger partial charge on any atom is 0.289 e. The Labute approximate surface area is 200 Å². The average molecular weight is 494 g/mol. The average Bonchev–Trinajstić information content (AvgIpc) is 3.35. The molecule has 0 radical (unpaired) electrons. The predicted molar refractivity (Wildman–Crippen MR) is 128 cm³/mol. The smallest absolute Gasteiger partial charge is 0.289 e. The first-order valence-corrected chi connectivity index (χ1v) is 12.6. The number of thiazole rings is 1. The van der Waals surface area contributed by atoms with Crippen LogP contribution in [0.5, 0.6) is 5.75 Å². The van der Waals surface area contributed by atoms with E-state index in [1.54, 1.807) is 41.4 Å². The third kappa shape index (κ3) is 6.83. The van der Waals surface area contributed by atoms with Gasteiger partial charge in [0.2, 0.25) is 0 Å². The number of hydrazine groups is 1. The van der Waals surface area contributed by atoms with Crippen LogP contribution in [0.15, 0.2) is 29.6 Å². The Bertz CT molecular complexity index is 964. The lowest BCUT2D eigenvalue weighted by molar-refractivity contribution is -0.123. The molecule has 0 spiro atoms. The summed E-state index contributed by atoms with van der Waals surface area (Å²) in [6, 6.07) is 5.92. The maximum absolute atomic E-state index is 12.7. The Morgan fingerprint density at radius 3 is 2.70 bits per heavy atom. The van der Waals surface area contributed by atoms with Crippen molar-refractivity contribution in [3.05, 3.63) is 40.9 Å². The van der Waals surface area contributed by atoms with Gasteiger partial charge in [-0.25, -0.2) is 4.98 Å². The van der Waals surface area contributed by atoms with E-state index in [-0.39, 0.29) is 5.69 Å². The number of thioether (sulfide) groups is 1. The minimum atomic E-state index is -0.838. The summed E-state index contributed by atoms with van der Waals surface area (Å²) in [5, 5.41) is 5.10. The lowest BCUT2D eigenvalue weighted by Crippen LogP contribution is -2.52. The van der Waals surface area contributed by atoms with Gasteiger partial charge in [-0.1, -0.05) is 12.1 Å². The Hall–Kier alpha value is -2.83. The zero-order chi connectivity index (χ0) is 23.6. The summed E-state index contributed by atoms with van der Waals surface area (Å²) in [7, 11) is 1.47. The molecule has 1 aliphatic rings. The number of anilines is 1. The number of benzene rings is 1. The predicted octanol–water partition coefficient (Wildman–Crippen LogP) is 1.30. The second kappa shape index (κ2) is 12.4. The molecule has 33 heavy (non-hydrogen) atoms. The minimum absolute atomic E-state index is 0.209. The van der Waals surface area contributed by atoms with Gasteiger partial charge in [0.05, 0.1) is 25.9 Å². The molecule has 10 nitrogen and oxygen atoms in total. The number of morpholine rings is 1. The van der Waals surface area contributed by atoms with E-state index < -0.39 is 23.8 Å². The molecule has 1 aromatic carbocycles. The normalized spacial score (nSPS) is 14.3. The fourth-order valence-corrected chi connectivity index (χ4v) is 4.44. The largest absolute Gasteiger partial charge is 0.496 e. The lowest BCUT2D eigenvalue weighted by Gasteiger charge is -2.25. The van der Waals surface area contributed by atoms with Gasteiger partial charge in [0.25, 0.3) is 17.7 Å². The monoisotopic (exact) mass is 493 g/mol. The molecule has 0 bridgehead atoms. The fraction of sp³-hybridized carbons (Fsp3) is 0.429. The van der Waals surface area contributed by atoms with E-state index >= 15 is 0 Å². The summed E-state index contributed by atoms with van der Waals surface area (Å²) in [5.74, 6) is -0.433. The number of nitrogens with zero attached hydrogens (tertiary/aromatic N) is 2. The highest BCUT2D eigenvalue weighted by Gasteiger charge is 2.24. The third-order valence-corrected chi connectivity index (χ3v) is 6.43. The van der Waals surface area contributed by atoms with Gasteiger partial charge in [0.15, 0.2) is 5.13 Å². The van der Waals surface area contributed by atoms with Gasteiger partial charge < -0.3 is 19.7 Å². The van der Waals surface area contributed by atoms with Gasteiger partial charge in [-0.15, -0.1) is 11.3 Å². The number of aromatic nitrogens is 1. The van der Waals surface area contributed by atoms with Crippen LogP contribution < -0.4 is 25.8 Å². The Kier molecular flexibility index (Phi) is 9.34. The molecule has 0 aliphatic carbocycles. The van der Waals surface area contributed by atoms with Gasteiger partial charge >= 0.3 is 0 Å². The molecule has 3 amide bonds. The Morgan fingerprint density at radius 2 is 1.97 bits per heavy atom. The van der Waals surface area contributed by atoms with Gasteiger partial charge in [-0.2, -0.15) is 11.8 Å². The molecule has 0 unspecified atom stereocenters. The number of hydrogen-bond donors (Lipinski definition) is 3. The first-order valence-electron chi connectivity index (χ1n) is 10.3. The van der Waals surface area contributed by atoms with Crippen molar-refractivity contribution in [2.45, 2.75) is 12.5 Å². The molecule has 1 saturated heterocycles. The summed E-state index contributed by atoms with van der Waals surface area (Å²) in [5.41, 5.74) is 5.32. The van der Waals surface area contributed by atoms with Crippen molar-refractivity contribution in [1.82, 2.24) is 21.2 Å². The molecule has 12 heteroatoms.